The summed E-state index contributed by atoms with van der Waals surface area (Å²) in [5.74, 6) is 0.800. The number of rotatable bonds is 9. The van der Waals surface area contributed by atoms with Gasteiger partial charge in [-0.15, -0.1) is 0 Å². The molecule has 0 aliphatic carbocycles. The van der Waals surface area contributed by atoms with E-state index in [2.05, 4.69) is 13.8 Å². The molecule has 0 saturated heterocycles. The Bertz CT molecular complexity index is 440. The van der Waals surface area contributed by atoms with E-state index in [0.29, 0.717) is 18.2 Å². The summed E-state index contributed by atoms with van der Waals surface area (Å²) in [6.45, 7) is 8.80. The maximum absolute atomic E-state index is 12.0. The molecule has 1 rings (SSSR count). The summed E-state index contributed by atoms with van der Waals surface area (Å²) in [5.41, 5.74) is 0.851. The molecule has 1 amide bonds. The van der Waals surface area contributed by atoms with Crippen molar-refractivity contribution in [1.29, 1.82) is 0 Å². The molecule has 0 saturated carbocycles. The van der Waals surface area contributed by atoms with Crippen LogP contribution in [0.5, 0.6) is 5.75 Å². The van der Waals surface area contributed by atoms with Crippen LogP contribution in [0.1, 0.15) is 47.0 Å². The van der Waals surface area contributed by atoms with Gasteiger partial charge >= 0.3 is 5.91 Å². The van der Waals surface area contributed by atoms with Gasteiger partial charge in [-0.2, -0.15) is 0 Å². The fourth-order valence-electron chi connectivity index (χ4n) is 1.88. The monoisotopic (exact) mass is 329 g/mol. The molecule has 0 aromatic heterocycles. The minimum Gasteiger partial charge on any atom is -1.00 e. The van der Waals surface area contributed by atoms with Crippen LogP contribution in [0.2, 0.25) is 0 Å². The van der Waals surface area contributed by atoms with E-state index in [0.717, 1.165) is 30.7 Å². The number of halogens is 1. The normalized spacial score (nSPS) is 13.1. The Morgan fingerprint density at radius 3 is 2.55 bits per heavy atom. The zero-order chi connectivity index (χ0) is 15.7. The Labute approximate surface area is 140 Å². The zero-order valence-electron chi connectivity index (χ0n) is 14.0. The first-order valence-corrected chi connectivity index (χ1v) is 7.80. The van der Waals surface area contributed by atoms with Crippen LogP contribution in [0.15, 0.2) is 24.3 Å². The van der Waals surface area contributed by atoms with Crippen LogP contribution < -0.4 is 22.0 Å². The van der Waals surface area contributed by atoms with Gasteiger partial charge < -0.3 is 21.9 Å². The largest absolute Gasteiger partial charge is 1.00 e. The molecule has 0 fully saturated rings. The summed E-state index contributed by atoms with van der Waals surface area (Å²) in [5, 5.41) is 0. The second-order valence-electron chi connectivity index (χ2n) is 5.26. The van der Waals surface area contributed by atoms with Crippen LogP contribution in [0.3, 0.4) is 0 Å². The van der Waals surface area contributed by atoms with Crippen molar-refractivity contribution < 1.29 is 31.6 Å². The average Bonchev–Trinajstić information content (AvgIpc) is 2.48. The van der Waals surface area contributed by atoms with Crippen molar-refractivity contribution in [2.45, 2.75) is 53.1 Å². The first-order valence-electron chi connectivity index (χ1n) is 7.80. The molecule has 0 aliphatic rings. The Kier molecular flexibility index (Phi) is 10.9. The summed E-state index contributed by atoms with van der Waals surface area (Å²) in [6.07, 6.45) is 3.17. The van der Waals surface area contributed by atoms with Gasteiger partial charge in [-0.1, -0.05) is 32.4 Å². The number of unbranched alkanes of at least 4 members (excludes halogenated alkanes) is 1. The predicted octanol–water partition coefficient (Wildman–Crippen LogP) is -0.295. The molecule has 0 spiro atoms. The summed E-state index contributed by atoms with van der Waals surface area (Å²) in [4.78, 5) is 12.6. The van der Waals surface area contributed by atoms with Crippen molar-refractivity contribution in [3.05, 3.63) is 24.3 Å². The summed E-state index contributed by atoms with van der Waals surface area (Å²) < 4.78 is 11.5. The van der Waals surface area contributed by atoms with Crippen molar-refractivity contribution in [1.82, 2.24) is 0 Å². The lowest BCUT2D eigenvalue weighted by atomic mass is 10.2. The maximum Gasteiger partial charge on any atom is 0.315 e. The fraction of sp³-hybridized carbons (Fsp3) is 0.588. The van der Waals surface area contributed by atoms with Gasteiger partial charge in [0, 0.05) is 6.07 Å². The van der Waals surface area contributed by atoms with Gasteiger partial charge in [0.15, 0.2) is 18.2 Å². The first kappa shape index (κ1) is 20.9. The Balaban J connectivity index is 0.00000441. The molecule has 126 valence electrons. The van der Waals surface area contributed by atoms with Crippen LogP contribution in [-0.4, -0.2) is 25.3 Å². The summed E-state index contributed by atoms with van der Waals surface area (Å²) >= 11 is 0. The number of benzene rings is 1. The van der Waals surface area contributed by atoms with Crippen LogP contribution in [-0.2, 0) is 9.53 Å². The van der Waals surface area contributed by atoms with E-state index in [1.807, 2.05) is 31.2 Å². The number of hydrogen-bond acceptors (Lipinski definition) is 3. The molecule has 1 aromatic carbocycles. The highest BCUT2D eigenvalue weighted by molar-refractivity contribution is 5.67. The standard InChI is InChI=1S/C17H27NO3.ClH/c1-5-7-12-20-17-11-9-8-10-16(17)18(15(4)19)13-21-14(3)6-2;/h8-11,14H,5-7,12-13H2,1-4H3;1H. The number of nitrogens with one attached hydrogen (secondary N) is 1. The van der Waals surface area contributed by atoms with Crippen molar-refractivity contribution in [2.24, 2.45) is 0 Å². The molecule has 4 nitrogen and oxygen atoms in total. The van der Waals surface area contributed by atoms with Gasteiger partial charge in [-0.05, 0) is 25.8 Å². The minimum absolute atomic E-state index is 0. The second-order valence-corrected chi connectivity index (χ2v) is 5.26. The number of quaternary nitrogens is 1. The number of ether oxygens (including phenoxy) is 2. The minimum atomic E-state index is 0. The topological polar surface area (TPSA) is 40.0 Å². The second kappa shape index (κ2) is 11.5. The zero-order valence-corrected chi connectivity index (χ0v) is 14.8. The van der Waals surface area contributed by atoms with E-state index in [1.54, 1.807) is 6.92 Å². The van der Waals surface area contributed by atoms with Crippen molar-refractivity contribution in [2.75, 3.05) is 13.3 Å². The van der Waals surface area contributed by atoms with Gasteiger partial charge in [0.25, 0.3) is 0 Å². The number of hydrogen-bond donors (Lipinski definition) is 1. The molecular weight excluding hydrogens is 302 g/mol. The highest BCUT2D eigenvalue weighted by Crippen LogP contribution is 2.20. The lowest BCUT2D eigenvalue weighted by Gasteiger charge is -2.20. The third-order valence-corrected chi connectivity index (χ3v) is 3.48. The van der Waals surface area contributed by atoms with Gasteiger partial charge in [-0.3, -0.25) is 0 Å². The fourth-order valence-corrected chi connectivity index (χ4v) is 1.88. The van der Waals surface area contributed by atoms with Crippen LogP contribution in [0, 0.1) is 0 Å². The number of amides is 1. The molecule has 0 heterocycles. The molecule has 0 aliphatic heterocycles. The SMILES string of the molecule is CCCCOc1ccccc1[NH+](COC(C)CC)C(C)=O.[Cl-]. The summed E-state index contributed by atoms with van der Waals surface area (Å²) in [7, 11) is 0. The maximum atomic E-state index is 12.0. The third-order valence-electron chi connectivity index (χ3n) is 3.48. The Morgan fingerprint density at radius 2 is 1.95 bits per heavy atom. The molecule has 1 aromatic rings. The highest BCUT2D eigenvalue weighted by Gasteiger charge is 2.23. The van der Waals surface area contributed by atoms with Crippen molar-refractivity contribution >= 4 is 11.6 Å². The van der Waals surface area contributed by atoms with Crippen molar-refractivity contribution in [3.8, 4) is 5.75 Å². The summed E-state index contributed by atoms with van der Waals surface area (Å²) in [6, 6.07) is 7.70. The van der Waals surface area contributed by atoms with E-state index in [9.17, 15) is 4.79 Å². The molecular formula is C17H28ClNO3. The van der Waals surface area contributed by atoms with E-state index < -0.39 is 0 Å². The Morgan fingerprint density at radius 1 is 1.27 bits per heavy atom. The van der Waals surface area contributed by atoms with Gasteiger partial charge in [-0.25, -0.2) is 9.69 Å². The predicted molar refractivity (Wildman–Crippen MR) is 83.9 cm³/mol. The molecule has 0 bridgehead atoms. The van der Waals surface area contributed by atoms with Crippen LogP contribution >= 0.6 is 0 Å². The molecule has 2 atom stereocenters. The number of carbonyl (C=O) groups is 1. The lowest BCUT2D eigenvalue weighted by Crippen LogP contribution is -3.10. The smallest absolute Gasteiger partial charge is 0.315 e. The van der Waals surface area contributed by atoms with E-state index in [4.69, 9.17) is 9.47 Å². The van der Waals surface area contributed by atoms with Crippen LogP contribution in [0.4, 0.5) is 5.69 Å². The van der Waals surface area contributed by atoms with Gasteiger partial charge in [0.1, 0.15) is 0 Å². The van der Waals surface area contributed by atoms with E-state index in [-0.39, 0.29) is 24.4 Å². The third kappa shape index (κ3) is 6.77. The average molecular weight is 330 g/mol. The Hall–Kier alpha value is -1.10. The number of para-hydroxylation sites is 2. The van der Waals surface area contributed by atoms with Crippen LogP contribution in [0.25, 0.3) is 0 Å². The molecule has 22 heavy (non-hydrogen) atoms. The van der Waals surface area contributed by atoms with Gasteiger partial charge in [0.2, 0.25) is 0 Å². The quantitative estimate of drug-likeness (QED) is 0.500. The highest BCUT2D eigenvalue weighted by atomic mass is 35.5. The lowest BCUT2D eigenvalue weighted by molar-refractivity contribution is -0.777. The van der Waals surface area contributed by atoms with Gasteiger partial charge in [0.05, 0.1) is 19.6 Å². The molecule has 2 unspecified atom stereocenters. The van der Waals surface area contributed by atoms with E-state index >= 15 is 0 Å². The van der Waals surface area contributed by atoms with E-state index in [1.165, 1.54) is 0 Å². The molecule has 0 radical (unpaired) electrons. The first-order chi connectivity index (χ1) is 10.1. The van der Waals surface area contributed by atoms with Crippen molar-refractivity contribution in [3.63, 3.8) is 0 Å². The molecule has 1 N–H and O–H groups in total. The molecule has 5 heteroatoms. The number of carbonyl (C=O) groups excluding carboxylic acids is 1.